The predicted octanol–water partition coefficient (Wildman–Crippen LogP) is 2.84. The van der Waals surface area contributed by atoms with E-state index >= 15 is 0 Å². The van der Waals surface area contributed by atoms with Crippen LogP contribution in [0.2, 0.25) is 0 Å². The molecule has 2 heteroatoms. The van der Waals surface area contributed by atoms with Crippen molar-refractivity contribution in [2.75, 3.05) is 0 Å². The van der Waals surface area contributed by atoms with Crippen molar-refractivity contribution in [1.29, 1.82) is 0 Å². The minimum Gasteiger partial charge on any atom is -0.389 e. The highest BCUT2D eigenvalue weighted by atomic mass is 32.1. The van der Waals surface area contributed by atoms with Crippen LogP contribution in [0.1, 0.15) is 30.6 Å². The molecule has 1 nitrogen and oxygen atoms in total. The number of thiophene rings is 1. The number of fused-ring (bicyclic) bond motifs is 1. The Hall–Kier alpha value is -0.340. The van der Waals surface area contributed by atoms with Crippen LogP contribution < -0.4 is 0 Å². The van der Waals surface area contributed by atoms with E-state index in [4.69, 9.17) is 0 Å². The van der Waals surface area contributed by atoms with Crippen molar-refractivity contribution in [3.63, 3.8) is 0 Å². The lowest BCUT2D eigenvalue weighted by Gasteiger charge is -2.07. The molecule has 2 fully saturated rings. The topological polar surface area (TPSA) is 20.2 Å². The summed E-state index contributed by atoms with van der Waals surface area (Å²) in [5.74, 6) is 1.25. The molecule has 2 saturated carbocycles. The molecule has 0 radical (unpaired) electrons. The maximum absolute atomic E-state index is 10.5. The summed E-state index contributed by atoms with van der Waals surface area (Å²) in [6.45, 7) is 0. The largest absolute Gasteiger partial charge is 0.389 e. The van der Waals surface area contributed by atoms with Gasteiger partial charge in [-0.15, -0.1) is 11.3 Å². The van der Waals surface area contributed by atoms with Crippen molar-refractivity contribution in [2.24, 2.45) is 11.8 Å². The van der Waals surface area contributed by atoms with E-state index in [1.165, 1.54) is 30.6 Å². The van der Waals surface area contributed by atoms with Crippen molar-refractivity contribution >= 4 is 11.3 Å². The van der Waals surface area contributed by atoms with Gasteiger partial charge in [0, 0.05) is 11.3 Å². The summed E-state index contributed by atoms with van der Waals surface area (Å²) in [5.41, 5.74) is -0.318. The van der Waals surface area contributed by atoms with Gasteiger partial charge in [-0.05, 0) is 36.1 Å². The molecule has 0 bridgehead atoms. The monoisotopic (exact) mass is 208 g/mol. The summed E-state index contributed by atoms with van der Waals surface area (Å²) < 4.78 is 0. The van der Waals surface area contributed by atoms with Crippen LogP contribution in [-0.4, -0.2) is 10.7 Å². The molecular formula is C12H16OS. The molecule has 0 aliphatic heterocycles. The molecule has 3 rings (SSSR count). The van der Waals surface area contributed by atoms with Gasteiger partial charge in [0.2, 0.25) is 0 Å². The number of hydrogen-bond acceptors (Lipinski definition) is 2. The third-order valence-corrected chi connectivity index (χ3v) is 4.85. The maximum Gasteiger partial charge on any atom is 0.0759 e. The molecule has 0 spiro atoms. The summed E-state index contributed by atoms with van der Waals surface area (Å²) in [6, 6.07) is 4.22. The third-order valence-electron chi connectivity index (χ3n) is 3.98. The van der Waals surface area contributed by atoms with E-state index in [9.17, 15) is 5.11 Å². The Morgan fingerprint density at radius 1 is 1.36 bits per heavy atom. The Morgan fingerprint density at radius 2 is 2.07 bits per heavy atom. The minimum atomic E-state index is -0.318. The Bertz CT molecular complexity index is 305. The highest BCUT2D eigenvalue weighted by Crippen LogP contribution is 2.60. The van der Waals surface area contributed by atoms with E-state index in [2.05, 4.69) is 17.5 Å². The SMILES string of the molecule is OC1(Cc2cccs2)C2CCCCC21. The molecule has 0 aromatic carbocycles. The van der Waals surface area contributed by atoms with Crippen molar-refractivity contribution in [2.45, 2.75) is 37.7 Å². The van der Waals surface area contributed by atoms with E-state index in [0.29, 0.717) is 11.8 Å². The highest BCUT2D eigenvalue weighted by molar-refractivity contribution is 7.09. The van der Waals surface area contributed by atoms with Gasteiger partial charge in [0.15, 0.2) is 0 Å². The van der Waals surface area contributed by atoms with Gasteiger partial charge in [-0.2, -0.15) is 0 Å². The molecule has 0 saturated heterocycles. The molecule has 1 heterocycles. The molecule has 2 unspecified atom stereocenters. The third kappa shape index (κ3) is 1.24. The molecular weight excluding hydrogens is 192 g/mol. The average Bonchev–Trinajstić information content (AvgIpc) is 2.62. The zero-order chi connectivity index (χ0) is 9.60. The first kappa shape index (κ1) is 8.93. The van der Waals surface area contributed by atoms with Crippen molar-refractivity contribution in [3.8, 4) is 0 Å². The first-order valence-electron chi connectivity index (χ1n) is 5.55. The number of aliphatic hydroxyl groups is 1. The molecule has 1 N–H and O–H groups in total. The molecule has 1 aromatic heterocycles. The van der Waals surface area contributed by atoms with Gasteiger partial charge in [-0.1, -0.05) is 18.9 Å². The molecule has 2 aliphatic rings. The quantitative estimate of drug-likeness (QED) is 0.792. The van der Waals surface area contributed by atoms with Crippen molar-refractivity contribution < 1.29 is 5.11 Å². The van der Waals surface area contributed by atoms with Crippen LogP contribution >= 0.6 is 11.3 Å². The smallest absolute Gasteiger partial charge is 0.0759 e. The standard InChI is InChI=1S/C12H16OS/c13-12(8-9-4-3-7-14-9)10-5-1-2-6-11(10)12/h3-4,7,10-11,13H,1-2,5-6,8H2. The second-order valence-corrected chi connectivity index (χ2v) is 5.78. The fourth-order valence-electron chi connectivity index (χ4n) is 3.17. The summed E-state index contributed by atoms with van der Waals surface area (Å²) in [7, 11) is 0. The fraction of sp³-hybridized carbons (Fsp3) is 0.667. The average molecular weight is 208 g/mol. The van der Waals surface area contributed by atoms with Gasteiger partial charge in [0.05, 0.1) is 5.60 Å². The van der Waals surface area contributed by atoms with Crippen LogP contribution in [0.5, 0.6) is 0 Å². The van der Waals surface area contributed by atoms with Gasteiger partial charge in [-0.25, -0.2) is 0 Å². The van der Waals surface area contributed by atoms with Crippen LogP contribution in [0.3, 0.4) is 0 Å². The summed E-state index contributed by atoms with van der Waals surface area (Å²) in [5, 5.41) is 12.6. The molecule has 2 aliphatic carbocycles. The Morgan fingerprint density at radius 3 is 2.64 bits per heavy atom. The normalized spacial score (nSPS) is 40.6. The van der Waals surface area contributed by atoms with Gasteiger partial charge in [0.25, 0.3) is 0 Å². The van der Waals surface area contributed by atoms with E-state index in [1.54, 1.807) is 11.3 Å². The van der Waals surface area contributed by atoms with E-state index in [-0.39, 0.29) is 5.60 Å². The lowest BCUT2D eigenvalue weighted by Crippen LogP contribution is -2.15. The van der Waals surface area contributed by atoms with Crippen LogP contribution in [-0.2, 0) is 6.42 Å². The Labute approximate surface area is 88.8 Å². The van der Waals surface area contributed by atoms with Crippen LogP contribution in [0, 0.1) is 11.8 Å². The van der Waals surface area contributed by atoms with E-state index < -0.39 is 0 Å². The lowest BCUT2D eigenvalue weighted by molar-refractivity contribution is 0.119. The van der Waals surface area contributed by atoms with Crippen LogP contribution in [0.4, 0.5) is 0 Å². The van der Waals surface area contributed by atoms with Gasteiger partial charge < -0.3 is 5.11 Å². The Kier molecular flexibility index (Phi) is 1.96. The number of hydrogen-bond donors (Lipinski definition) is 1. The molecule has 14 heavy (non-hydrogen) atoms. The first-order valence-corrected chi connectivity index (χ1v) is 6.43. The summed E-state index contributed by atoms with van der Waals surface area (Å²) >= 11 is 1.78. The van der Waals surface area contributed by atoms with E-state index in [0.717, 1.165) is 6.42 Å². The molecule has 2 atom stereocenters. The van der Waals surface area contributed by atoms with Gasteiger partial charge in [-0.3, -0.25) is 0 Å². The minimum absolute atomic E-state index is 0.318. The summed E-state index contributed by atoms with van der Waals surface area (Å²) in [6.07, 6.45) is 6.07. The fourth-order valence-corrected chi connectivity index (χ4v) is 3.98. The predicted molar refractivity (Wildman–Crippen MR) is 58.4 cm³/mol. The number of rotatable bonds is 2. The Balaban J connectivity index is 1.74. The van der Waals surface area contributed by atoms with E-state index in [1.807, 2.05) is 0 Å². The molecule has 0 amide bonds. The zero-order valence-corrected chi connectivity index (χ0v) is 9.09. The van der Waals surface area contributed by atoms with Crippen LogP contribution in [0.15, 0.2) is 17.5 Å². The summed E-state index contributed by atoms with van der Waals surface area (Å²) in [4.78, 5) is 1.35. The lowest BCUT2D eigenvalue weighted by atomic mass is 10.0. The molecule has 1 aromatic rings. The maximum atomic E-state index is 10.5. The second kappa shape index (κ2) is 3.07. The molecule has 76 valence electrons. The van der Waals surface area contributed by atoms with Gasteiger partial charge in [0.1, 0.15) is 0 Å². The van der Waals surface area contributed by atoms with Gasteiger partial charge >= 0.3 is 0 Å². The zero-order valence-electron chi connectivity index (χ0n) is 8.28. The van der Waals surface area contributed by atoms with Crippen molar-refractivity contribution in [3.05, 3.63) is 22.4 Å². The van der Waals surface area contributed by atoms with Crippen molar-refractivity contribution in [1.82, 2.24) is 0 Å². The van der Waals surface area contributed by atoms with Crippen LogP contribution in [0.25, 0.3) is 0 Å². The second-order valence-electron chi connectivity index (χ2n) is 4.74. The highest BCUT2D eigenvalue weighted by Gasteiger charge is 2.63. The first-order chi connectivity index (χ1) is 6.81.